The highest BCUT2D eigenvalue weighted by molar-refractivity contribution is 7.89. The van der Waals surface area contributed by atoms with Gasteiger partial charge in [-0.05, 0) is 57.4 Å². The molecule has 0 aliphatic heterocycles. The Hall–Kier alpha value is -1.74. The van der Waals surface area contributed by atoms with E-state index in [2.05, 4.69) is 13.8 Å². The second-order valence-electron chi connectivity index (χ2n) is 9.20. The molecule has 0 N–H and O–H groups in total. The Morgan fingerprint density at radius 3 is 1.14 bits per heavy atom. The highest BCUT2D eigenvalue weighted by atomic mass is 32.2. The lowest BCUT2D eigenvalue weighted by Gasteiger charge is -2.26. The van der Waals surface area contributed by atoms with Crippen LogP contribution < -0.4 is 0 Å². The third-order valence-corrected chi connectivity index (χ3v) is 9.98. The van der Waals surface area contributed by atoms with E-state index in [9.17, 15) is 16.8 Å². The van der Waals surface area contributed by atoms with Crippen LogP contribution in [0.4, 0.5) is 0 Å². The zero-order chi connectivity index (χ0) is 25.9. The van der Waals surface area contributed by atoms with E-state index >= 15 is 0 Å². The summed E-state index contributed by atoms with van der Waals surface area (Å²) in [6.45, 7) is 9.47. The number of hydrogen-bond donors (Lipinski definition) is 0. The third kappa shape index (κ3) is 8.70. The molecule has 2 aromatic carbocycles. The van der Waals surface area contributed by atoms with Crippen LogP contribution in [-0.2, 0) is 20.0 Å². The molecule has 196 valence electrons. The first-order valence-corrected chi connectivity index (χ1v) is 15.6. The van der Waals surface area contributed by atoms with Gasteiger partial charge in [0.1, 0.15) is 0 Å². The number of nitrogens with zero attached hydrogens (tertiary/aromatic N) is 2. The van der Waals surface area contributed by atoms with Crippen LogP contribution in [0.1, 0.15) is 69.9 Å². The van der Waals surface area contributed by atoms with Crippen molar-refractivity contribution >= 4 is 20.0 Å². The van der Waals surface area contributed by atoms with Crippen LogP contribution >= 0.6 is 0 Å². The Balaban J connectivity index is 2.19. The molecule has 0 saturated carbocycles. The molecular weight excluding hydrogens is 480 g/mol. The van der Waals surface area contributed by atoms with Crippen molar-refractivity contribution < 1.29 is 16.8 Å². The molecule has 0 bridgehead atoms. The SMILES string of the molecule is CCCCCN(CCCN(CCCCC)S(=O)(=O)c1ccc(C)cc1)S(=O)(=O)c1ccc(C)cc1. The summed E-state index contributed by atoms with van der Waals surface area (Å²) in [7, 11) is -7.29. The third-order valence-electron chi connectivity index (χ3n) is 6.15. The fraction of sp³-hybridized carbons (Fsp3) is 0.556. The van der Waals surface area contributed by atoms with E-state index in [-0.39, 0.29) is 22.9 Å². The highest BCUT2D eigenvalue weighted by Gasteiger charge is 2.27. The number of benzene rings is 2. The molecular formula is C27H42N2O4S2. The van der Waals surface area contributed by atoms with E-state index in [0.717, 1.165) is 49.7 Å². The van der Waals surface area contributed by atoms with E-state index in [1.165, 1.54) is 8.61 Å². The quantitative estimate of drug-likeness (QED) is 0.263. The minimum Gasteiger partial charge on any atom is -0.207 e. The van der Waals surface area contributed by atoms with Gasteiger partial charge < -0.3 is 0 Å². The average molecular weight is 523 g/mol. The maximum atomic E-state index is 13.4. The lowest BCUT2D eigenvalue weighted by Crippen LogP contribution is -2.37. The average Bonchev–Trinajstić information content (AvgIpc) is 2.82. The summed E-state index contributed by atoms with van der Waals surface area (Å²) >= 11 is 0. The number of rotatable bonds is 16. The predicted molar refractivity (Wildman–Crippen MR) is 144 cm³/mol. The summed E-state index contributed by atoms with van der Waals surface area (Å²) in [6, 6.07) is 13.8. The predicted octanol–water partition coefficient (Wildman–Crippen LogP) is 5.76. The molecule has 8 heteroatoms. The van der Waals surface area contributed by atoms with Crippen LogP contribution in [0.5, 0.6) is 0 Å². The second kappa shape index (κ2) is 14.1. The van der Waals surface area contributed by atoms with Crippen LogP contribution in [0.25, 0.3) is 0 Å². The lowest BCUT2D eigenvalue weighted by molar-refractivity contribution is 0.349. The maximum Gasteiger partial charge on any atom is 0.243 e. The smallest absolute Gasteiger partial charge is 0.207 e. The topological polar surface area (TPSA) is 74.8 Å². The van der Waals surface area contributed by atoms with Gasteiger partial charge >= 0.3 is 0 Å². The second-order valence-corrected chi connectivity index (χ2v) is 13.1. The molecule has 0 aliphatic carbocycles. The molecule has 0 spiro atoms. The minimum atomic E-state index is -3.64. The van der Waals surface area contributed by atoms with Crippen molar-refractivity contribution in [3.05, 3.63) is 59.7 Å². The molecule has 2 rings (SSSR count). The Labute approximate surface area is 213 Å². The zero-order valence-electron chi connectivity index (χ0n) is 21.7. The van der Waals surface area contributed by atoms with Crippen LogP contribution in [0, 0.1) is 13.8 Å². The highest BCUT2D eigenvalue weighted by Crippen LogP contribution is 2.20. The van der Waals surface area contributed by atoms with Gasteiger partial charge in [0.25, 0.3) is 0 Å². The van der Waals surface area contributed by atoms with E-state index in [1.807, 2.05) is 13.8 Å². The van der Waals surface area contributed by atoms with Crippen molar-refractivity contribution in [3.63, 3.8) is 0 Å². The number of sulfonamides is 2. The van der Waals surface area contributed by atoms with E-state index in [4.69, 9.17) is 0 Å². The van der Waals surface area contributed by atoms with Gasteiger partial charge in [0.05, 0.1) is 9.79 Å². The maximum absolute atomic E-state index is 13.4. The van der Waals surface area contributed by atoms with Crippen molar-refractivity contribution in [2.75, 3.05) is 26.2 Å². The monoisotopic (exact) mass is 522 g/mol. The molecule has 0 fully saturated rings. The van der Waals surface area contributed by atoms with Gasteiger partial charge in [0.2, 0.25) is 20.0 Å². The van der Waals surface area contributed by atoms with Gasteiger partial charge in [-0.1, -0.05) is 74.9 Å². The Morgan fingerprint density at radius 1 is 0.514 bits per heavy atom. The molecule has 0 amide bonds. The molecule has 6 nitrogen and oxygen atoms in total. The number of hydrogen-bond acceptors (Lipinski definition) is 4. The standard InChI is InChI=1S/C27H42N2O4S2/c1-5-7-9-20-28(34(30,31)26-16-12-24(3)13-17-26)22-11-23-29(21-10-8-6-2)35(32,33)27-18-14-25(4)15-19-27/h12-19H,5-11,20-23H2,1-4H3. The van der Waals surface area contributed by atoms with Crippen molar-refractivity contribution in [1.29, 1.82) is 0 Å². The Morgan fingerprint density at radius 2 is 0.829 bits per heavy atom. The molecule has 0 aliphatic rings. The van der Waals surface area contributed by atoms with Gasteiger partial charge in [-0.3, -0.25) is 0 Å². The Bertz CT molecular complexity index is 1010. The molecule has 0 aromatic heterocycles. The molecule has 35 heavy (non-hydrogen) atoms. The van der Waals surface area contributed by atoms with E-state index in [1.54, 1.807) is 48.5 Å². The lowest BCUT2D eigenvalue weighted by atomic mass is 10.2. The molecule has 0 unspecified atom stereocenters. The van der Waals surface area contributed by atoms with Crippen LogP contribution in [0.3, 0.4) is 0 Å². The van der Waals surface area contributed by atoms with E-state index in [0.29, 0.717) is 19.5 Å². The van der Waals surface area contributed by atoms with Crippen LogP contribution in [0.2, 0.25) is 0 Å². The summed E-state index contributed by atoms with van der Waals surface area (Å²) < 4.78 is 56.5. The fourth-order valence-corrected chi connectivity index (χ4v) is 6.96. The normalized spacial score (nSPS) is 12.5. The fourth-order valence-electron chi connectivity index (χ4n) is 3.92. The zero-order valence-corrected chi connectivity index (χ0v) is 23.4. The molecule has 0 radical (unpaired) electrons. The summed E-state index contributed by atoms with van der Waals surface area (Å²) in [5, 5.41) is 0. The van der Waals surface area contributed by atoms with Gasteiger partial charge in [-0.15, -0.1) is 0 Å². The van der Waals surface area contributed by atoms with Gasteiger partial charge in [-0.2, -0.15) is 8.61 Å². The molecule has 0 atom stereocenters. The van der Waals surface area contributed by atoms with Crippen LogP contribution in [-0.4, -0.2) is 51.6 Å². The van der Waals surface area contributed by atoms with Gasteiger partial charge in [0.15, 0.2) is 0 Å². The largest absolute Gasteiger partial charge is 0.243 e. The summed E-state index contributed by atoms with van der Waals surface area (Å²) in [5.74, 6) is 0. The summed E-state index contributed by atoms with van der Waals surface area (Å²) in [6.07, 6.45) is 5.90. The van der Waals surface area contributed by atoms with Crippen molar-refractivity contribution in [3.8, 4) is 0 Å². The minimum absolute atomic E-state index is 0.284. The first-order chi connectivity index (χ1) is 16.6. The summed E-state index contributed by atoms with van der Waals surface area (Å²) in [4.78, 5) is 0.568. The first-order valence-electron chi connectivity index (χ1n) is 12.8. The van der Waals surface area contributed by atoms with Crippen molar-refractivity contribution in [2.24, 2.45) is 0 Å². The first kappa shape index (κ1) is 29.5. The van der Waals surface area contributed by atoms with Crippen molar-refractivity contribution in [2.45, 2.75) is 82.4 Å². The van der Waals surface area contributed by atoms with Gasteiger partial charge in [-0.25, -0.2) is 16.8 Å². The number of unbranched alkanes of at least 4 members (excludes halogenated alkanes) is 4. The molecule has 0 heterocycles. The number of aryl methyl sites for hydroxylation is 2. The summed E-state index contributed by atoms with van der Waals surface area (Å²) in [5.41, 5.74) is 2.01. The van der Waals surface area contributed by atoms with Crippen LogP contribution in [0.15, 0.2) is 58.3 Å². The molecule has 2 aromatic rings. The van der Waals surface area contributed by atoms with Gasteiger partial charge in [0, 0.05) is 26.2 Å². The molecule has 0 saturated heterocycles. The van der Waals surface area contributed by atoms with Crippen molar-refractivity contribution in [1.82, 2.24) is 8.61 Å². The Kier molecular flexibility index (Phi) is 11.9. The van der Waals surface area contributed by atoms with E-state index < -0.39 is 20.0 Å².